The third-order valence-electron chi connectivity index (χ3n) is 2.90. The zero-order valence-corrected chi connectivity index (χ0v) is 12.0. The normalized spacial score (nSPS) is 14.8. The van der Waals surface area contributed by atoms with Crippen molar-refractivity contribution in [3.63, 3.8) is 0 Å². The molecule has 0 aliphatic carbocycles. The van der Waals surface area contributed by atoms with Crippen LogP contribution in [-0.2, 0) is 0 Å². The van der Waals surface area contributed by atoms with Gasteiger partial charge in [-0.2, -0.15) is 0 Å². The summed E-state index contributed by atoms with van der Waals surface area (Å²) in [6, 6.07) is 9.42. The number of hydrogen-bond donors (Lipinski definition) is 1. The maximum absolute atomic E-state index is 3.64. The van der Waals surface area contributed by atoms with Crippen LogP contribution in [0.2, 0.25) is 0 Å². The van der Waals surface area contributed by atoms with Gasteiger partial charge >= 0.3 is 0 Å². The first-order chi connectivity index (χ1) is 7.65. The molecule has 1 N–H and O–H groups in total. The molecule has 0 bridgehead atoms. The van der Waals surface area contributed by atoms with Crippen LogP contribution in [0.5, 0.6) is 0 Å². The molecule has 2 atom stereocenters. The van der Waals surface area contributed by atoms with Crippen LogP contribution in [0.4, 0.5) is 0 Å². The first-order valence-electron chi connectivity index (χ1n) is 6.15. The van der Waals surface area contributed by atoms with Crippen LogP contribution in [0.15, 0.2) is 28.7 Å². The molecule has 0 amide bonds. The smallest absolute Gasteiger partial charge is 0.0305 e. The Kier molecular flexibility index (Phi) is 6.07. The van der Waals surface area contributed by atoms with Crippen LogP contribution in [0.3, 0.4) is 0 Å². The molecule has 0 saturated heterocycles. The number of halogens is 1. The maximum Gasteiger partial charge on any atom is 0.0305 e. The second kappa shape index (κ2) is 7.08. The highest BCUT2D eigenvalue weighted by Crippen LogP contribution is 2.23. The number of rotatable bonds is 6. The minimum absolute atomic E-state index is 0.405. The molecule has 0 radical (unpaired) electrons. The van der Waals surface area contributed by atoms with E-state index in [1.807, 2.05) is 0 Å². The Morgan fingerprint density at radius 3 is 2.56 bits per heavy atom. The minimum Gasteiger partial charge on any atom is -0.308 e. The highest BCUT2D eigenvalue weighted by molar-refractivity contribution is 9.10. The molecule has 2 unspecified atom stereocenters. The van der Waals surface area contributed by atoms with Crippen LogP contribution in [0.1, 0.15) is 51.6 Å². The molecule has 0 aromatic heterocycles. The molecule has 1 aromatic carbocycles. The molecule has 0 spiro atoms. The third-order valence-corrected chi connectivity index (χ3v) is 3.62. The van der Waals surface area contributed by atoms with E-state index in [1.165, 1.54) is 29.3 Å². The van der Waals surface area contributed by atoms with Gasteiger partial charge in [-0.05, 0) is 31.9 Å². The Hall–Kier alpha value is -0.340. The first-order valence-corrected chi connectivity index (χ1v) is 6.95. The quantitative estimate of drug-likeness (QED) is 0.800. The van der Waals surface area contributed by atoms with Gasteiger partial charge in [-0.3, -0.25) is 0 Å². The van der Waals surface area contributed by atoms with Crippen LogP contribution in [0, 0.1) is 0 Å². The van der Waals surface area contributed by atoms with Crippen LogP contribution in [0.25, 0.3) is 0 Å². The van der Waals surface area contributed by atoms with Crippen molar-refractivity contribution >= 4 is 15.9 Å². The minimum atomic E-state index is 0.405. The number of hydrogen-bond acceptors (Lipinski definition) is 1. The zero-order valence-electron chi connectivity index (χ0n) is 10.5. The van der Waals surface area contributed by atoms with Crippen LogP contribution < -0.4 is 5.32 Å². The summed E-state index contributed by atoms with van der Waals surface area (Å²) in [5.74, 6) is 0. The Labute approximate surface area is 108 Å². The molecule has 0 aliphatic heterocycles. The predicted molar refractivity (Wildman–Crippen MR) is 74.7 cm³/mol. The summed E-state index contributed by atoms with van der Waals surface area (Å²) in [5, 5.41) is 3.64. The lowest BCUT2D eigenvalue weighted by Crippen LogP contribution is -2.29. The summed E-state index contributed by atoms with van der Waals surface area (Å²) in [5.41, 5.74) is 1.34. The van der Waals surface area contributed by atoms with Gasteiger partial charge in [0.2, 0.25) is 0 Å². The van der Waals surface area contributed by atoms with E-state index >= 15 is 0 Å². The molecular weight excluding hydrogens is 262 g/mol. The molecule has 2 heteroatoms. The Morgan fingerprint density at radius 1 is 1.25 bits per heavy atom. The molecule has 0 saturated carbocycles. The van der Waals surface area contributed by atoms with Gasteiger partial charge in [-0.25, -0.2) is 0 Å². The van der Waals surface area contributed by atoms with Crippen molar-refractivity contribution in [1.82, 2.24) is 5.32 Å². The van der Waals surface area contributed by atoms with Gasteiger partial charge in [0.05, 0.1) is 0 Å². The van der Waals surface area contributed by atoms with Gasteiger partial charge in [0.1, 0.15) is 0 Å². The summed E-state index contributed by atoms with van der Waals surface area (Å²) < 4.78 is 1.19. The SMILES string of the molecule is CCCCC(C)NC(C)c1ccccc1Br. The highest BCUT2D eigenvalue weighted by Gasteiger charge is 2.11. The van der Waals surface area contributed by atoms with Crippen molar-refractivity contribution in [2.75, 3.05) is 0 Å². The van der Waals surface area contributed by atoms with E-state index in [9.17, 15) is 0 Å². The lowest BCUT2D eigenvalue weighted by molar-refractivity contribution is 0.443. The van der Waals surface area contributed by atoms with E-state index in [2.05, 4.69) is 66.3 Å². The first kappa shape index (κ1) is 13.7. The van der Waals surface area contributed by atoms with E-state index < -0.39 is 0 Å². The maximum atomic E-state index is 3.64. The van der Waals surface area contributed by atoms with E-state index in [4.69, 9.17) is 0 Å². The molecular formula is C14H22BrN. The van der Waals surface area contributed by atoms with Crippen LogP contribution in [-0.4, -0.2) is 6.04 Å². The zero-order chi connectivity index (χ0) is 12.0. The van der Waals surface area contributed by atoms with Gasteiger partial charge in [0, 0.05) is 16.6 Å². The Morgan fingerprint density at radius 2 is 1.94 bits per heavy atom. The average Bonchev–Trinajstić information content (AvgIpc) is 2.26. The van der Waals surface area contributed by atoms with Crippen molar-refractivity contribution in [2.24, 2.45) is 0 Å². The summed E-state index contributed by atoms with van der Waals surface area (Å²) >= 11 is 3.60. The number of benzene rings is 1. The predicted octanol–water partition coefficient (Wildman–Crippen LogP) is 4.68. The fourth-order valence-corrected chi connectivity index (χ4v) is 2.56. The summed E-state index contributed by atoms with van der Waals surface area (Å²) in [6.07, 6.45) is 3.83. The highest BCUT2D eigenvalue weighted by atomic mass is 79.9. The van der Waals surface area contributed by atoms with Crippen molar-refractivity contribution in [2.45, 2.75) is 52.1 Å². The largest absolute Gasteiger partial charge is 0.308 e. The van der Waals surface area contributed by atoms with Crippen molar-refractivity contribution in [3.05, 3.63) is 34.3 Å². The van der Waals surface area contributed by atoms with E-state index in [1.54, 1.807) is 0 Å². The topological polar surface area (TPSA) is 12.0 Å². The molecule has 90 valence electrons. The van der Waals surface area contributed by atoms with Crippen molar-refractivity contribution in [3.8, 4) is 0 Å². The van der Waals surface area contributed by atoms with Crippen molar-refractivity contribution in [1.29, 1.82) is 0 Å². The van der Waals surface area contributed by atoms with Gasteiger partial charge in [-0.1, -0.05) is 53.9 Å². The average molecular weight is 284 g/mol. The molecule has 0 heterocycles. The van der Waals surface area contributed by atoms with Gasteiger partial charge < -0.3 is 5.32 Å². The van der Waals surface area contributed by atoms with Gasteiger partial charge in [0.25, 0.3) is 0 Å². The second-order valence-electron chi connectivity index (χ2n) is 4.45. The second-order valence-corrected chi connectivity index (χ2v) is 5.31. The lowest BCUT2D eigenvalue weighted by Gasteiger charge is -2.21. The fraction of sp³-hybridized carbons (Fsp3) is 0.571. The molecule has 16 heavy (non-hydrogen) atoms. The number of unbranched alkanes of at least 4 members (excludes halogenated alkanes) is 1. The third kappa shape index (κ3) is 4.26. The van der Waals surface area contributed by atoms with Gasteiger partial charge in [0.15, 0.2) is 0 Å². The summed E-state index contributed by atoms with van der Waals surface area (Å²) in [7, 11) is 0. The fourth-order valence-electron chi connectivity index (χ4n) is 1.94. The molecule has 1 nitrogen and oxygen atoms in total. The van der Waals surface area contributed by atoms with Crippen LogP contribution >= 0.6 is 15.9 Å². The van der Waals surface area contributed by atoms with E-state index in [0.717, 1.165) is 0 Å². The van der Waals surface area contributed by atoms with Crippen molar-refractivity contribution < 1.29 is 0 Å². The molecule has 1 rings (SSSR count). The van der Waals surface area contributed by atoms with E-state index in [0.29, 0.717) is 12.1 Å². The Balaban J connectivity index is 2.52. The lowest BCUT2D eigenvalue weighted by atomic mass is 10.1. The summed E-state index contributed by atoms with van der Waals surface area (Å²) in [6.45, 7) is 6.73. The Bertz CT molecular complexity index is 311. The molecule has 1 aromatic rings. The monoisotopic (exact) mass is 283 g/mol. The summed E-state index contributed by atoms with van der Waals surface area (Å²) in [4.78, 5) is 0. The molecule has 0 aliphatic rings. The standard InChI is InChI=1S/C14H22BrN/c1-4-5-8-11(2)16-12(3)13-9-6-7-10-14(13)15/h6-7,9-12,16H,4-5,8H2,1-3H3. The van der Waals surface area contributed by atoms with Gasteiger partial charge in [-0.15, -0.1) is 0 Å². The number of nitrogens with one attached hydrogen (secondary N) is 1. The van der Waals surface area contributed by atoms with E-state index in [-0.39, 0.29) is 0 Å². The molecule has 0 fully saturated rings.